The lowest BCUT2D eigenvalue weighted by atomic mass is 9.97. The van der Waals surface area contributed by atoms with Crippen LogP contribution in [0.3, 0.4) is 0 Å². The second kappa shape index (κ2) is 8.82. The highest BCUT2D eigenvalue weighted by Gasteiger charge is 2.26. The molecule has 2 aliphatic heterocycles. The average molecular weight is 433 g/mol. The van der Waals surface area contributed by atoms with Gasteiger partial charge in [0.1, 0.15) is 5.82 Å². The van der Waals surface area contributed by atoms with Gasteiger partial charge in [-0.2, -0.15) is 0 Å². The number of morpholine rings is 1. The SMILES string of the molecule is CC(=O)Nc1ccccc1-c1cc(N2CCOC[C@H]2C)nc2c(C3CCNN3)nccc12. The van der Waals surface area contributed by atoms with Gasteiger partial charge in [0.25, 0.3) is 0 Å². The van der Waals surface area contributed by atoms with E-state index in [1.807, 2.05) is 36.5 Å². The van der Waals surface area contributed by atoms with Gasteiger partial charge >= 0.3 is 0 Å². The molecule has 1 aromatic carbocycles. The van der Waals surface area contributed by atoms with Crippen LogP contribution in [0.2, 0.25) is 0 Å². The fourth-order valence-electron chi connectivity index (χ4n) is 4.56. The maximum absolute atomic E-state index is 11.9. The molecule has 2 aromatic heterocycles. The first-order valence-corrected chi connectivity index (χ1v) is 11.1. The van der Waals surface area contributed by atoms with Crippen LogP contribution < -0.4 is 21.1 Å². The number of amides is 1. The summed E-state index contributed by atoms with van der Waals surface area (Å²) in [5.41, 5.74) is 11.1. The number of carbonyl (C=O) groups is 1. The largest absolute Gasteiger partial charge is 0.377 e. The number of nitrogens with zero attached hydrogens (tertiary/aromatic N) is 3. The average Bonchev–Trinajstić information content (AvgIpc) is 3.33. The third-order valence-electron chi connectivity index (χ3n) is 6.10. The number of pyridine rings is 2. The number of anilines is 2. The third-order valence-corrected chi connectivity index (χ3v) is 6.10. The van der Waals surface area contributed by atoms with Gasteiger partial charge in [-0.05, 0) is 37.1 Å². The van der Waals surface area contributed by atoms with Crippen molar-refractivity contribution in [3.63, 3.8) is 0 Å². The van der Waals surface area contributed by atoms with E-state index in [9.17, 15) is 4.79 Å². The van der Waals surface area contributed by atoms with E-state index in [1.54, 1.807) is 0 Å². The zero-order valence-electron chi connectivity index (χ0n) is 18.4. The Morgan fingerprint density at radius 2 is 2.12 bits per heavy atom. The number of rotatable bonds is 4. The van der Waals surface area contributed by atoms with Crippen molar-refractivity contribution < 1.29 is 9.53 Å². The Bertz CT molecular complexity index is 1140. The fourth-order valence-corrected chi connectivity index (χ4v) is 4.56. The molecule has 2 fully saturated rings. The van der Waals surface area contributed by atoms with E-state index in [0.717, 1.165) is 58.7 Å². The molecule has 0 saturated carbocycles. The van der Waals surface area contributed by atoms with Crippen molar-refractivity contribution >= 4 is 28.3 Å². The van der Waals surface area contributed by atoms with Crippen LogP contribution in [0, 0.1) is 0 Å². The molecule has 4 heterocycles. The minimum absolute atomic E-state index is 0.0959. The van der Waals surface area contributed by atoms with E-state index < -0.39 is 0 Å². The van der Waals surface area contributed by atoms with Gasteiger partial charge in [-0.1, -0.05) is 18.2 Å². The lowest BCUT2D eigenvalue weighted by Gasteiger charge is -2.35. The standard InChI is InChI=1S/C24H28N6O2/c1-15-14-32-12-11-30(15)22-13-19(17-5-3-4-6-20(17)27-16(2)31)18-7-9-25-24(23(18)28-22)21-8-10-26-29-21/h3-7,9,13,15,21,26,29H,8,10-12,14H2,1-2H3,(H,27,31)/t15-,21?/m1/s1. The number of hydrogen-bond donors (Lipinski definition) is 3. The summed E-state index contributed by atoms with van der Waals surface area (Å²) in [5, 5.41) is 4.00. The Kier molecular flexibility index (Phi) is 5.73. The number of hydrogen-bond acceptors (Lipinski definition) is 7. The fraction of sp³-hybridized carbons (Fsp3) is 0.375. The first-order valence-electron chi connectivity index (χ1n) is 11.1. The smallest absolute Gasteiger partial charge is 0.221 e. The van der Waals surface area contributed by atoms with Crippen molar-refractivity contribution in [2.75, 3.05) is 36.5 Å². The lowest BCUT2D eigenvalue weighted by molar-refractivity contribution is -0.114. The van der Waals surface area contributed by atoms with Crippen LogP contribution in [0.5, 0.6) is 0 Å². The van der Waals surface area contributed by atoms with Gasteiger partial charge in [0.05, 0.1) is 36.5 Å². The van der Waals surface area contributed by atoms with E-state index in [1.165, 1.54) is 6.92 Å². The Morgan fingerprint density at radius 1 is 1.25 bits per heavy atom. The zero-order chi connectivity index (χ0) is 22.1. The molecule has 3 aromatic rings. The van der Waals surface area contributed by atoms with Crippen molar-refractivity contribution in [1.29, 1.82) is 0 Å². The summed E-state index contributed by atoms with van der Waals surface area (Å²) < 4.78 is 5.66. The lowest BCUT2D eigenvalue weighted by Crippen LogP contribution is -2.44. The highest BCUT2D eigenvalue weighted by Crippen LogP contribution is 2.38. The normalized spacial score (nSPS) is 21.1. The molecule has 8 heteroatoms. The van der Waals surface area contributed by atoms with Crippen LogP contribution in [0.4, 0.5) is 11.5 Å². The van der Waals surface area contributed by atoms with Crippen molar-refractivity contribution in [1.82, 2.24) is 20.8 Å². The van der Waals surface area contributed by atoms with E-state index in [0.29, 0.717) is 13.2 Å². The van der Waals surface area contributed by atoms with Gasteiger partial charge in [0, 0.05) is 42.8 Å². The van der Waals surface area contributed by atoms with Crippen molar-refractivity contribution in [3.8, 4) is 11.1 Å². The molecule has 2 atom stereocenters. The van der Waals surface area contributed by atoms with Crippen LogP contribution in [0.1, 0.15) is 32.0 Å². The van der Waals surface area contributed by atoms with Crippen molar-refractivity contribution in [3.05, 3.63) is 48.3 Å². The predicted octanol–water partition coefficient (Wildman–Crippen LogP) is 3.02. The molecular formula is C24H28N6O2. The quantitative estimate of drug-likeness (QED) is 0.584. The number of fused-ring (bicyclic) bond motifs is 1. The molecule has 2 saturated heterocycles. The summed E-state index contributed by atoms with van der Waals surface area (Å²) in [6.45, 7) is 6.71. The molecule has 166 valence electrons. The summed E-state index contributed by atoms with van der Waals surface area (Å²) in [6, 6.07) is 12.4. The van der Waals surface area contributed by atoms with Crippen LogP contribution in [-0.2, 0) is 9.53 Å². The first-order chi connectivity index (χ1) is 15.6. The van der Waals surface area contributed by atoms with Gasteiger partial charge in [0.15, 0.2) is 0 Å². The first kappa shape index (κ1) is 20.8. The van der Waals surface area contributed by atoms with E-state index in [-0.39, 0.29) is 18.0 Å². The van der Waals surface area contributed by atoms with Gasteiger partial charge in [-0.15, -0.1) is 0 Å². The summed E-state index contributed by atoms with van der Waals surface area (Å²) in [5.74, 6) is 0.808. The number of para-hydroxylation sites is 1. The number of benzene rings is 1. The minimum Gasteiger partial charge on any atom is -0.377 e. The maximum Gasteiger partial charge on any atom is 0.221 e. The molecule has 1 unspecified atom stereocenters. The molecule has 0 spiro atoms. The molecule has 2 aliphatic rings. The van der Waals surface area contributed by atoms with Gasteiger partial charge in [-0.25, -0.2) is 10.4 Å². The number of hydrazine groups is 1. The molecule has 3 N–H and O–H groups in total. The number of ether oxygens (including phenoxy) is 1. The van der Waals surface area contributed by atoms with Crippen LogP contribution in [-0.4, -0.2) is 48.2 Å². The molecule has 5 rings (SSSR count). The molecule has 32 heavy (non-hydrogen) atoms. The molecule has 0 aliphatic carbocycles. The Morgan fingerprint density at radius 3 is 2.91 bits per heavy atom. The highest BCUT2D eigenvalue weighted by molar-refractivity contribution is 6.02. The Labute approximate surface area is 187 Å². The van der Waals surface area contributed by atoms with E-state index in [2.05, 4.69) is 34.1 Å². The summed E-state index contributed by atoms with van der Waals surface area (Å²) in [4.78, 5) is 24.0. The topological polar surface area (TPSA) is 91.4 Å². The van der Waals surface area contributed by atoms with Gasteiger partial charge < -0.3 is 15.0 Å². The van der Waals surface area contributed by atoms with E-state index >= 15 is 0 Å². The number of nitrogens with one attached hydrogen (secondary N) is 3. The van der Waals surface area contributed by atoms with Crippen molar-refractivity contribution in [2.45, 2.75) is 32.4 Å². The second-order valence-electron chi connectivity index (χ2n) is 8.38. The van der Waals surface area contributed by atoms with E-state index in [4.69, 9.17) is 14.7 Å². The Hall–Kier alpha value is -3.07. The molecular weight excluding hydrogens is 404 g/mol. The predicted molar refractivity (Wildman–Crippen MR) is 125 cm³/mol. The summed E-state index contributed by atoms with van der Waals surface area (Å²) >= 11 is 0. The maximum atomic E-state index is 11.9. The molecule has 0 radical (unpaired) electrons. The highest BCUT2D eigenvalue weighted by atomic mass is 16.5. The van der Waals surface area contributed by atoms with Crippen molar-refractivity contribution in [2.24, 2.45) is 0 Å². The van der Waals surface area contributed by atoms with Crippen LogP contribution in [0.15, 0.2) is 42.6 Å². The van der Waals surface area contributed by atoms with Gasteiger partial charge in [0.2, 0.25) is 5.91 Å². The summed E-state index contributed by atoms with van der Waals surface area (Å²) in [6.07, 6.45) is 2.80. The van der Waals surface area contributed by atoms with Crippen LogP contribution in [0.25, 0.3) is 22.0 Å². The zero-order valence-corrected chi connectivity index (χ0v) is 18.4. The summed E-state index contributed by atoms with van der Waals surface area (Å²) in [7, 11) is 0. The number of carbonyl (C=O) groups excluding carboxylic acids is 1. The monoisotopic (exact) mass is 432 g/mol. The third kappa shape index (κ3) is 3.92. The number of aromatic nitrogens is 2. The van der Waals surface area contributed by atoms with Crippen LogP contribution >= 0.6 is 0 Å². The van der Waals surface area contributed by atoms with Gasteiger partial charge in [-0.3, -0.25) is 15.2 Å². The molecule has 8 nitrogen and oxygen atoms in total. The second-order valence-corrected chi connectivity index (χ2v) is 8.38. The molecule has 1 amide bonds. The molecule has 0 bridgehead atoms. The Balaban J connectivity index is 1.74. The minimum atomic E-state index is -0.0959.